The van der Waals surface area contributed by atoms with E-state index in [2.05, 4.69) is 26.7 Å². The Morgan fingerprint density at radius 3 is 2.43 bits per heavy atom. The normalized spacial score (nSPS) is 16.4. The molecule has 3 aromatic rings. The Labute approximate surface area is 269 Å². The number of nitrogens with one attached hydrogen (secondary N) is 2. The Kier molecular flexibility index (Phi) is 11.7. The molecule has 2 aliphatic rings. The second-order valence-electron chi connectivity index (χ2n) is 11.3. The highest BCUT2D eigenvalue weighted by atomic mass is 35.5. The van der Waals surface area contributed by atoms with E-state index in [-0.39, 0.29) is 29.7 Å². The van der Waals surface area contributed by atoms with Gasteiger partial charge in [-0.3, -0.25) is 14.3 Å². The van der Waals surface area contributed by atoms with Crippen molar-refractivity contribution in [3.63, 3.8) is 0 Å². The highest BCUT2D eigenvalue weighted by Crippen LogP contribution is 2.31. The molecule has 0 unspecified atom stereocenters. The van der Waals surface area contributed by atoms with Gasteiger partial charge in [0, 0.05) is 62.0 Å². The zero-order valence-electron chi connectivity index (χ0n) is 25.1. The summed E-state index contributed by atoms with van der Waals surface area (Å²) < 4.78 is 0.660. The molecular formula is C32H40ClN8O2S+. The number of quaternary nitrogens is 1. The summed E-state index contributed by atoms with van der Waals surface area (Å²) in [5, 5.41) is 16.3. The minimum absolute atomic E-state index is 0. The number of carbonyl (C=O) groups is 2. The standard InChI is InChI=1S/C32H38N8O2S.ClH/c1-22(41)36-25-10-8-23(9-11-25)30-28(20-33)31(34)39-32(38-30)43-21-26-7-5-6-24(37-26)12-13-29(42)40(18-3-2-4-19-40)27-14-16-35-17-15-27;/h5-11,27,35H,2-4,12-19,21H2,1H3,(H2-,34,36,38,39,41);1H/p+1. The lowest BCUT2D eigenvalue weighted by Gasteiger charge is -2.46. The number of nitrogens with two attached hydrogens (primary N) is 1. The van der Waals surface area contributed by atoms with Gasteiger partial charge >= 0.3 is 5.91 Å². The molecule has 232 valence electrons. The summed E-state index contributed by atoms with van der Waals surface area (Å²) in [6, 6.07) is 15.6. The number of nitrogens with zero attached hydrogens (tertiary/aromatic N) is 5. The van der Waals surface area contributed by atoms with Crippen LogP contribution in [-0.4, -0.2) is 63.5 Å². The van der Waals surface area contributed by atoms with Crippen molar-refractivity contribution in [3.05, 3.63) is 59.4 Å². The fraction of sp³-hybridized carbons (Fsp3) is 0.438. The average Bonchev–Trinajstić information content (AvgIpc) is 3.03. The summed E-state index contributed by atoms with van der Waals surface area (Å²) >= 11 is 1.39. The Balaban J connectivity index is 0.00000442. The van der Waals surface area contributed by atoms with Crippen molar-refractivity contribution < 1.29 is 14.1 Å². The van der Waals surface area contributed by atoms with Crippen LogP contribution in [0.1, 0.15) is 62.4 Å². The molecule has 12 heteroatoms. The quantitative estimate of drug-likeness (QED) is 0.170. The van der Waals surface area contributed by atoms with E-state index in [9.17, 15) is 14.9 Å². The number of aromatic nitrogens is 3. The van der Waals surface area contributed by atoms with Crippen molar-refractivity contribution in [2.45, 2.75) is 68.8 Å². The van der Waals surface area contributed by atoms with E-state index in [0.717, 1.165) is 63.3 Å². The molecule has 0 radical (unpaired) electrons. The number of pyridine rings is 1. The predicted molar refractivity (Wildman–Crippen MR) is 175 cm³/mol. The molecule has 0 bridgehead atoms. The van der Waals surface area contributed by atoms with E-state index in [4.69, 9.17) is 10.7 Å². The van der Waals surface area contributed by atoms with Crippen LogP contribution in [0.15, 0.2) is 47.6 Å². The Morgan fingerprint density at radius 2 is 1.75 bits per heavy atom. The topological polar surface area (TPSA) is 147 Å². The van der Waals surface area contributed by atoms with Gasteiger partial charge in [-0.1, -0.05) is 30.0 Å². The number of hydrogen-bond acceptors (Lipinski definition) is 9. The van der Waals surface area contributed by atoms with Crippen molar-refractivity contribution in [1.29, 1.82) is 5.26 Å². The molecule has 5 rings (SSSR count). The minimum Gasteiger partial charge on any atom is -0.382 e. The molecule has 2 saturated heterocycles. The van der Waals surface area contributed by atoms with Crippen LogP contribution in [0.25, 0.3) is 11.3 Å². The molecule has 0 aliphatic carbocycles. The molecule has 1 aromatic carbocycles. The lowest BCUT2D eigenvalue weighted by atomic mass is 9.95. The van der Waals surface area contributed by atoms with Gasteiger partial charge in [-0.25, -0.2) is 14.8 Å². The third kappa shape index (κ3) is 7.93. The van der Waals surface area contributed by atoms with Gasteiger partial charge in [-0.15, -0.1) is 12.4 Å². The van der Waals surface area contributed by atoms with E-state index in [1.165, 1.54) is 25.1 Å². The molecule has 0 atom stereocenters. The van der Waals surface area contributed by atoms with Crippen molar-refractivity contribution in [2.24, 2.45) is 0 Å². The van der Waals surface area contributed by atoms with Gasteiger partial charge in [0.2, 0.25) is 5.91 Å². The van der Waals surface area contributed by atoms with Crippen LogP contribution >= 0.6 is 24.2 Å². The molecule has 4 heterocycles. The largest absolute Gasteiger partial charge is 0.382 e. The van der Waals surface area contributed by atoms with E-state index >= 15 is 0 Å². The van der Waals surface area contributed by atoms with Crippen LogP contribution in [-0.2, 0) is 21.8 Å². The van der Waals surface area contributed by atoms with Crippen LogP contribution in [0.5, 0.6) is 0 Å². The molecule has 4 N–H and O–H groups in total. The molecule has 44 heavy (non-hydrogen) atoms. The van der Waals surface area contributed by atoms with Crippen molar-refractivity contribution >= 4 is 47.5 Å². The van der Waals surface area contributed by atoms with Crippen molar-refractivity contribution in [1.82, 2.24) is 20.3 Å². The van der Waals surface area contributed by atoms with Crippen LogP contribution < -0.4 is 16.4 Å². The molecule has 10 nitrogen and oxygen atoms in total. The van der Waals surface area contributed by atoms with Gasteiger partial charge in [0.1, 0.15) is 17.5 Å². The molecule has 2 aromatic heterocycles. The maximum Gasteiger partial charge on any atom is 0.314 e. The summed E-state index contributed by atoms with van der Waals surface area (Å²) in [5.41, 5.74) is 9.93. The first kappa shape index (κ1) is 33.3. The molecule has 2 fully saturated rings. The van der Waals surface area contributed by atoms with Gasteiger partial charge in [0.25, 0.3) is 0 Å². The zero-order chi connectivity index (χ0) is 30.2. The number of rotatable bonds is 9. The number of anilines is 2. The van der Waals surface area contributed by atoms with Gasteiger partial charge in [-0.2, -0.15) is 5.26 Å². The highest BCUT2D eigenvalue weighted by molar-refractivity contribution is 7.98. The highest BCUT2D eigenvalue weighted by Gasteiger charge is 2.44. The van der Waals surface area contributed by atoms with Crippen LogP contribution in [0, 0.1) is 11.3 Å². The number of aryl methyl sites for hydroxylation is 1. The molecule has 0 saturated carbocycles. The summed E-state index contributed by atoms with van der Waals surface area (Å²) in [6.07, 6.45) is 6.76. The molecule has 2 amide bonds. The zero-order valence-corrected chi connectivity index (χ0v) is 26.7. The summed E-state index contributed by atoms with van der Waals surface area (Å²) in [7, 11) is 0. The Morgan fingerprint density at radius 1 is 1.05 bits per heavy atom. The Bertz CT molecular complexity index is 1500. The number of piperidine rings is 2. The monoisotopic (exact) mass is 635 g/mol. The number of nitrogen functional groups attached to an aromatic ring is 1. The number of carbonyl (C=O) groups excluding carboxylic acids is 2. The van der Waals surface area contributed by atoms with E-state index in [0.29, 0.717) is 57.1 Å². The van der Waals surface area contributed by atoms with Gasteiger partial charge in [0.05, 0.1) is 36.9 Å². The van der Waals surface area contributed by atoms with E-state index < -0.39 is 0 Å². The van der Waals surface area contributed by atoms with Crippen LogP contribution in [0.4, 0.5) is 11.5 Å². The number of nitriles is 1. The summed E-state index contributed by atoms with van der Waals surface area (Å²) in [5.74, 6) is 0.838. The summed E-state index contributed by atoms with van der Waals surface area (Å²) in [4.78, 5) is 38.9. The first-order chi connectivity index (χ1) is 20.9. The second-order valence-corrected chi connectivity index (χ2v) is 12.3. The van der Waals surface area contributed by atoms with Crippen molar-refractivity contribution in [3.8, 4) is 17.3 Å². The van der Waals surface area contributed by atoms with Gasteiger partial charge < -0.3 is 16.4 Å². The molecule has 2 aliphatic heterocycles. The maximum atomic E-state index is 13.7. The third-order valence-corrected chi connectivity index (χ3v) is 9.32. The Hall–Kier alpha value is -3.56. The number of amides is 2. The fourth-order valence-electron chi connectivity index (χ4n) is 6.30. The first-order valence-electron chi connectivity index (χ1n) is 15.0. The number of halogens is 1. The number of benzene rings is 1. The lowest BCUT2D eigenvalue weighted by molar-refractivity contribution is -0.885. The number of thioether (sulfide) groups is 1. The SMILES string of the molecule is CC(=O)Nc1ccc(-c2nc(SCc3cccc(CCC(=O)[N+]4(C5CCNCC5)CCCCC4)n3)nc(N)c2C#N)cc1.Cl. The predicted octanol–water partition coefficient (Wildman–Crippen LogP) is 4.88. The minimum atomic E-state index is -0.163. The molecule has 0 spiro atoms. The first-order valence-corrected chi connectivity index (χ1v) is 16.0. The smallest absolute Gasteiger partial charge is 0.314 e. The average molecular weight is 636 g/mol. The van der Waals surface area contributed by atoms with Crippen LogP contribution in [0.2, 0.25) is 0 Å². The van der Waals surface area contributed by atoms with Crippen molar-refractivity contribution in [2.75, 3.05) is 37.2 Å². The lowest BCUT2D eigenvalue weighted by Crippen LogP contribution is -2.63. The van der Waals surface area contributed by atoms with Gasteiger partial charge in [0.15, 0.2) is 5.16 Å². The van der Waals surface area contributed by atoms with Gasteiger partial charge in [-0.05, 0) is 43.5 Å². The fourth-order valence-corrected chi connectivity index (χ4v) is 7.05. The van der Waals surface area contributed by atoms with Crippen LogP contribution in [0.3, 0.4) is 0 Å². The number of likely N-dealkylation sites (tertiary alicyclic amines) is 1. The van der Waals surface area contributed by atoms with E-state index in [1.807, 2.05) is 18.2 Å². The summed E-state index contributed by atoms with van der Waals surface area (Å²) in [6.45, 7) is 5.40. The number of hydrogen-bond donors (Lipinski definition) is 3. The second kappa shape index (κ2) is 15.4. The molecular weight excluding hydrogens is 596 g/mol. The third-order valence-electron chi connectivity index (χ3n) is 8.43. The maximum absolute atomic E-state index is 13.7. The van der Waals surface area contributed by atoms with E-state index in [1.54, 1.807) is 24.3 Å².